The van der Waals surface area contributed by atoms with Gasteiger partial charge in [-0.05, 0) is 62.3 Å². The lowest BCUT2D eigenvalue weighted by atomic mass is 9.68. The van der Waals surface area contributed by atoms with Crippen LogP contribution in [0.15, 0.2) is 24.3 Å². The molecule has 0 heterocycles. The molecule has 0 amide bonds. The Morgan fingerprint density at radius 3 is 2.06 bits per heavy atom. The van der Waals surface area contributed by atoms with Crippen molar-refractivity contribution in [3.05, 3.63) is 35.4 Å². The van der Waals surface area contributed by atoms with Gasteiger partial charge < -0.3 is 0 Å². The van der Waals surface area contributed by atoms with E-state index in [1.54, 1.807) is 5.56 Å². The van der Waals surface area contributed by atoms with Crippen LogP contribution >= 0.6 is 0 Å². The standard InChI is InChI=1S/C17H24/c1-14-4-6-15(7-5-14)16-8-12-17(13-9-16)10-2-3-11-17/h4-7,16H,2-3,8-13H2,1H3. The zero-order chi connectivity index (χ0) is 11.7. The summed E-state index contributed by atoms with van der Waals surface area (Å²) in [5.74, 6) is 0.849. The molecule has 0 bridgehead atoms. The zero-order valence-corrected chi connectivity index (χ0v) is 11.0. The minimum Gasteiger partial charge on any atom is -0.0590 e. The van der Waals surface area contributed by atoms with Crippen molar-refractivity contribution >= 4 is 0 Å². The number of aryl methyl sites for hydroxylation is 1. The Morgan fingerprint density at radius 1 is 0.882 bits per heavy atom. The highest BCUT2D eigenvalue weighted by Crippen LogP contribution is 2.52. The number of benzene rings is 1. The topological polar surface area (TPSA) is 0 Å². The average Bonchev–Trinajstić information content (AvgIpc) is 2.80. The van der Waals surface area contributed by atoms with Crippen LogP contribution in [0, 0.1) is 12.3 Å². The maximum absolute atomic E-state index is 2.35. The van der Waals surface area contributed by atoms with Gasteiger partial charge in [-0.15, -0.1) is 0 Å². The smallest absolute Gasteiger partial charge is 0.0162 e. The van der Waals surface area contributed by atoms with Crippen molar-refractivity contribution in [2.24, 2.45) is 5.41 Å². The van der Waals surface area contributed by atoms with Crippen LogP contribution in [0.2, 0.25) is 0 Å². The van der Waals surface area contributed by atoms with Crippen molar-refractivity contribution < 1.29 is 0 Å². The quantitative estimate of drug-likeness (QED) is 0.618. The third-order valence-electron chi connectivity index (χ3n) is 5.26. The van der Waals surface area contributed by atoms with E-state index in [0.29, 0.717) is 0 Å². The van der Waals surface area contributed by atoms with Crippen LogP contribution in [-0.2, 0) is 0 Å². The lowest BCUT2D eigenvalue weighted by molar-refractivity contribution is 0.181. The summed E-state index contributed by atoms with van der Waals surface area (Å²) in [4.78, 5) is 0. The number of hydrogen-bond acceptors (Lipinski definition) is 0. The van der Waals surface area contributed by atoms with Gasteiger partial charge in [0.05, 0.1) is 0 Å². The second kappa shape index (κ2) is 4.48. The van der Waals surface area contributed by atoms with Gasteiger partial charge in [-0.2, -0.15) is 0 Å². The zero-order valence-electron chi connectivity index (χ0n) is 11.0. The monoisotopic (exact) mass is 228 g/mol. The van der Waals surface area contributed by atoms with E-state index in [4.69, 9.17) is 0 Å². The average molecular weight is 228 g/mol. The van der Waals surface area contributed by atoms with Crippen molar-refractivity contribution in [1.29, 1.82) is 0 Å². The van der Waals surface area contributed by atoms with Crippen molar-refractivity contribution in [1.82, 2.24) is 0 Å². The molecule has 0 saturated heterocycles. The summed E-state index contributed by atoms with van der Waals surface area (Å²) in [6.45, 7) is 2.18. The molecule has 2 aliphatic carbocycles. The SMILES string of the molecule is Cc1ccc(C2CCC3(CCCC3)CC2)cc1. The van der Waals surface area contributed by atoms with Gasteiger partial charge in [0, 0.05) is 0 Å². The summed E-state index contributed by atoms with van der Waals surface area (Å²) in [7, 11) is 0. The van der Waals surface area contributed by atoms with Crippen LogP contribution in [0.5, 0.6) is 0 Å². The highest BCUT2D eigenvalue weighted by atomic mass is 14.4. The van der Waals surface area contributed by atoms with Crippen LogP contribution in [0.1, 0.15) is 68.4 Å². The molecular formula is C17H24. The van der Waals surface area contributed by atoms with E-state index >= 15 is 0 Å². The molecule has 0 nitrogen and oxygen atoms in total. The van der Waals surface area contributed by atoms with Crippen LogP contribution in [-0.4, -0.2) is 0 Å². The molecule has 92 valence electrons. The van der Waals surface area contributed by atoms with Crippen molar-refractivity contribution in [2.45, 2.75) is 64.2 Å². The molecule has 17 heavy (non-hydrogen) atoms. The summed E-state index contributed by atoms with van der Waals surface area (Å²) >= 11 is 0. The molecule has 2 fully saturated rings. The van der Waals surface area contributed by atoms with E-state index in [0.717, 1.165) is 11.3 Å². The van der Waals surface area contributed by atoms with E-state index in [2.05, 4.69) is 31.2 Å². The highest BCUT2D eigenvalue weighted by Gasteiger charge is 2.37. The van der Waals surface area contributed by atoms with Gasteiger partial charge >= 0.3 is 0 Å². The Morgan fingerprint density at radius 2 is 1.47 bits per heavy atom. The summed E-state index contributed by atoms with van der Waals surface area (Å²) in [5, 5.41) is 0. The molecule has 1 spiro atoms. The molecule has 1 aromatic carbocycles. The Labute approximate surface area is 105 Å². The van der Waals surface area contributed by atoms with Crippen molar-refractivity contribution in [3.63, 3.8) is 0 Å². The van der Waals surface area contributed by atoms with Crippen molar-refractivity contribution in [2.75, 3.05) is 0 Å². The van der Waals surface area contributed by atoms with E-state index < -0.39 is 0 Å². The van der Waals surface area contributed by atoms with Crippen LogP contribution in [0.25, 0.3) is 0 Å². The summed E-state index contributed by atoms with van der Waals surface area (Å²) in [6.07, 6.45) is 11.9. The molecule has 0 radical (unpaired) electrons. The molecule has 0 aliphatic heterocycles. The number of hydrogen-bond donors (Lipinski definition) is 0. The summed E-state index contributed by atoms with van der Waals surface area (Å²) in [5.41, 5.74) is 3.75. The fraction of sp³-hybridized carbons (Fsp3) is 0.647. The lowest BCUT2D eigenvalue weighted by Gasteiger charge is -2.37. The van der Waals surface area contributed by atoms with Gasteiger partial charge in [0.15, 0.2) is 0 Å². The molecule has 1 aromatic rings. The van der Waals surface area contributed by atoms with Gasteiger partial charge in [0.25, 0.3) is 0 Å². The van der Waals surface area contributed by atoms with E-state index in [9.17, 15) is 0 Å². The first-order valence-corrected chi connectivity index (χ1v) is 7.34. The second-order valence-corrected chi connectivity index (χ2v) is 6.39. The fourth-order valence-corrected chi connectivity index (χ4v) is 4.03. The Bertz CT molecular complexity index is 358. The number of rotatable bonds is 1. The van der Waals surface area contributed by atoms with Gasteiger partial charge in [-0.25, -0.2) is 0 Å². The third-order valence-corrected chi connectivity index (χ3v) is 5.26. The van der Waals surface area contributed by atoms with Crippen LogP contribution in [0.4, 0.5) is 0 Å². The first-order valence-electron chi connectivity index (χ1n) is 7.34. The van der Waals surface area contributed by atoms with Crippen LogP contribution in [0.3, 0.4) is 0 Å². The molecule has 0 N–H and O–H groups in total. The second-order valence-electron chi connectivity index (χ2n) is 6.39. The van der Waals surface area contributed by atoms with E-state index in [-0.39, 0.29) is 0 Å². The Kier molecular flexibility index (Phi) is 2.98. The van der Waals surface area contributed by atoms with Crippen molar-refractivity contribution in [3.8, 4) is 0 Å². The maximum Gasteiger partial charge on any atom is -0.0162 e. The Balaban J connectivity index is 1.66. The molecule has 2 aliphatic rings. The minimum absolute atomic E-state index is 0.779. The summed E-state index contributed by atoms with van der Waals surface area (Å²) < 4.78 is 0. The first kappa shape index (κ1) is 11.3. The Hall–Kier alpha value is -0.780. The first-order chi connectivity index (χ1) is 8.27. The fourth-order valence-electron chi connectivity index (χ4n) is 4.03. The molecule has 0 heteroatoms. The van der Waals surface area contributed by atoms with E-state index in [1.807, 2.05) is 0 Å². The predicted molar refractivity (Wildman–Crippen MR) is 73.3 cm³/mol. The molecule has 0 aromatic heterocycles. The van der Waals surface area contributed by atoms with Crippen LogP contribution < -0.4 is 0 Å². The molecule has 0 unspecified atom stereocenters. The van der Waals surface area contributed by atoms with Gasteiger partial charge in [-0.3, -0.25) is 0 Å². The van der Waals surface area contributed by atoms with Gasteiger partial charge in [0.1, 0.15) is 0 Å². The van der Waals surface area contributed by atoms with E-state index in [1.165, 1.54) is 56.9 Å². The molecule has 2 saturated carbocycles. The minimum atomic E-state index is 0.779. The summed E-state index contributed by atoms with van der Waals surface area (Å²) in [6, 6.07) is 9.25. The molecule has 0 atom stereocenters. The molecular weight excluding hydrogens is 204 g/mol. The van der Waals surface area contributed by atoms with Gasteiger partial charge in [0.2, 0.25) is 0 Å². The normalized spacial score (nSPS) is 24.3. The predicted octanol–water partition coefficient (Wildman–Crippen LogP) is 5.21. The highest BCUT2D eigenvalue weighted by molar-refractivity contribution is 5.25. The maximum atomic E-state index is 2.35. The van der Waals surface area contributed by atoms with Gasteiger partial charge in [-0.1, -0.05) is 42.7 Å². The molecule has 3 rings (SSSR count). The third kappa shape index (κ3) is 2.27. The lowest BCUT2D eigenvalue weighted by Crippen LogP contribution is -2.23. The largest absolute Gasteiger partial charge is 0.0590 e.